The molecule has 5 rings (SSSR count). The lowest BCUT2D eigenvalue weighted by molar-refractivity contribution is -0.159. The molecule has 0 radical (unpaired) electrons. The summed E-state index contributed by atoms with van der Waals surface area (Å²) in [6.45, 7) is 9.90. The highest BCUT2D eigenvalue weighted by molar-refractivity contribution is 8.15. The number of likely N-dealkylation sites (tertiary alicyclic amines) is 1. The highest BCUT2D eigenvalue weighted by Crippen LogP contribution is 2.27. The number of sulfonamides is 2. The molecule has 0 aromatic heterocycles. The summed E-state index contributed by atoms with van der Waals surface area (Å²) in [5.41, 5.74) is 19.6. The average Bonchev–Trinajstić information content (AvgIpc) is 4.01. The van der Waals surface area contributed by atoms with Crippen molar-refractivity contribution >= 4 is 101 Å². The van der Waals surface area contributed by atoms with Crippen molar-refractivity contribution < 1.29 is 79.5 Å². The first-order chi connectivity index (χ1) is 28.0. The van der Waals surface area contributed by atoms with Crippen LogP contribution >= 0.6 is 23.5 Å². The molecule has 6 amide bonds. The van der Waals surface area contributed by atoms with E-state index >= 15 is 0 Å². The number of rotatable bonds is 5. The van der Waals surface area contributed by atoms with Crippen molar-refractivity contribution in [2.24, 2.45) is 33.2 Å². The summed E-state index contributed by atoms with van der Waals surface area (Å²) in [6, 6.07) is -0.883. The largest absolute Gasteiger partial charge is 0.479 e. The monoisotopic (exact) mass is 948 g/mol. The van der Waals surface area contributed by atoms with Gasteiger partial charge in [0.2, 0.25) is 48.8 Å². The van der Waals surface area contributed by atoms with Crippen molar-refractivity contribution in [3.63, 3.8) is 0 Å². The van der Waals surface area contributed by atoms with Gasteiger partial charge in [-0.1, -0.05) is 42.8 Å². The van der Waals surface area contributed by atoms with Gasteiger partial charge in [0, 0.05) is 55.7 Å². The van der Waals surface area contributed by atoms with Crippen LogP contribution in [0.15, 0.2) is 36.1 Å². The molecule has 0 bridgehead atoms. The Morgan fingerprint density at radius 2 is 1.41 bits per heavy atom. The molecule has 5 aliphatic rings. The third-order valence-electron chi connectivity index (χ3n) is 6.53. The molecule has 25 nitrogen and oxygen atoms in total. The molecule has 13 N–H and O–H groups in total. The van der Waals surface area contributed by atoms with E-state index in [0.29, 0.717) is 37.6 Å². The van der Waals surface area contributed by atoms with Crippen LogP contribution in [0.4, 0.5) is 4.79 Å². The number of nitrogens with two attached hydrogens (primary N) is 6. The second-order valence-corrected chi connectivity index (χ2v) is 16.9. The van der Waals surface area contributed by atoms with Crippen molar-refractivity contribution in [1.82, 2.24) is 9.96 Å². The Kier molecular flexibility index (Phi) is 31.2. The van der Waals surface area contributed by atoms with Gasteiger partial charge in [0.15, 0.2) is 11.2 Å². The van der Waals surface area contributed by atoms with Gasteiger partial charge in [0.1, 0.15) is 0 Å². The highest BCUT2D eigenvalue weighted by atomic mass is 32.2. The minimum Gasteiger partial charge on any atom is -0.479 e. The fourth-order valence-corrected chi connectivity index (χ4v) is 5.86. The molecular weight excluding hydrogens is 897 g/mol. The van der Waals surface area contributed by atoms with Crippen LogP contribution in [0.5, 0.6) is 0 Å². The first kappa shape index (κ1) is 60.1. The first-order valence-corrected chi connectivity index (χ1v) is 22.2. The van der Waals surface area contributed by atoms with Crippen LogP contribution in [0.25, 0.3) is 0 Å². The Morgan fingerprint density at radius 3 is 1.56 bits per heavy atom. The Labute approximate surface area is 360 Å². The standard InChI is InChI=1S/C6H9NO2.C5H7NO2S.C5H6O4.C4H6N2O3.C4H7NOS.C3H7NO2S.C3H5NO.C2H5NO2S/c1-5(8)7-4-2-3-6(7)9;6-5(8)3-1-2-4(7)9-3;6-4-2-1-3(9-4)5(7)8;5-4(8)6-2-1-3(7)9-6;5-3-1-2-7-4(3)6;1-2-3-7(4,5)6;1-2-3(4)5;1-2-6(3,4)5/h2-4H2,1H3;3H,1-2H2,(H2,6,8);3H,1-2H2,(H,7,8);1-2H2,(H2,5,8);3H,1-2,5H2;2-3H,1H3,(H2,4,5,6);2H,1H2,(H2,4,5);2H,1H2,(H2,3,4,5)/b;;;;;3-2+;;/t;;3-;;;;;/m..1...../s1. The number of aliphatic carboxylic acids is 1. The molecule has 3 atom stereocenters. The van der Waals surface area contributed by atoms with Crippen molar-refractivity contribution in [3.05, 3.63) is 36.1 Å². The summed E-state index contributed by atoms with van der Waals surface area (Å²) in [7, 11) is -6.75. The van der Waals surface area contributed by atoms with Gasteiger partial charge >= 0.3 is 23.9 Å². The average molecular weight is 949 g/mol. The maximum absolute atomic E-state index is 10.7. The molecule has 0 saturated carbocycles. The molecule has 5 heterocycles. The van der Waals surface area contributed by atoms with E-state index in [9.17, 15) is 64.8 Å². The van der Waals surface area contributed by atoms with E-state index in [-0.39, 0.29) is 58.6 Å². The molecule has 0 aromatic carbocycles. The predicted molar refractivity (Wildman–Crippen MR) is 221 cm³/mol. The van der Waals surface area contributed by atoms with E-state index in [1.807, 2.05) is 0 Å². The molecule has 5 aliphatic heterocycles. The number of carbonyl (C=O) groups is 10. The van der Waals surface area contributed by atoms with E-state index in [4.69, 9.17) is 22.3 Å². The number of cyclic esters (lactones) is 1. The number of carboxylic acid groups (broad SMARTS) is 1. The zero-order valence-corrected chi connectivity index (χ0v) is 36.5. The van der Waals surface area contributed by atoms with Crippen molar-refractivity contribution in [3.8, 4) is 0 Å². The fraction of sp³-hybridized carbons (Fsp3) is 0.500. The number of hydrogen-bond donors (Lipinski definition) is 7. The number of hydrogen-bond acceptors (Lipinski definition) is 19. The number of imide groups is 1. The van der Waals surface area contributed by atoms with Crippen LogP contribution in [-0.4, -0.2) is 126 Å². The number of carbonyl (C=O) groups excluding carboxylic acids is 9. The molecule has 2 unspecified atom stereocenters. The molecule has 0 spiro atoms. The molecule has 346 valence electrons. The zero-order valence-electron chi connectivity index (χ0n) is 33.2. The number of thioether (sulfide) groups is 2. The number of urea groups is 1. The minimum absolute atomic E-state index is 0.0255. The summed E-state index contributed by atoms with van der Waals surface area (Å²) in [5, 5.41) is 19.6. The number of ether oxygens (including phenoxy) is 1. The Morgan fingerprint density at radius 1 is 0.852 bits per heavy atom. The van der Waals surface area contributed by atoms with Crippen molar-refractivity contribution in [2.45, 2.75) is 82.6 Å². The lowest BCUT2D eigenvalue weighted by Gasteiger charge is -2.08. The third kappa shape index (κ3) is 34.2. The number of carboxylic acids is 1. The zero-order chi connectivity index (χ0) is 48.1. The first-order valence-electron chi connectivity index (χ1n) is 17.2. The van der Waals surface area contributed by atoms with E-state index in [0.717, 1.165) is 46.9 Å². The van der Waals surface area contributed by atoms with Gasteiger partial charge < -0.3 is 37.6 Å². The molecule has 5 saturated heterocycles. The lowest BCUT2D eigenvalue weighted by Crippen LogP contribution is -2.32. The van der Waals surface area contributed by atoms with Crippen LogP contribution in [0, 0.1) is 0 Å². The van der Waals surface area contributed by atoms with Crippen LogP contribution in [0.3, 0.4) is 0 Å². The molecule has 29 heteroatoms. The van der Waals surface area contributed by atoms with Crippen LogP contribution in [0.2, 0.25) is 0 Å². The number of hydroxylamine groups is 2. The number of allylic oxidation sites excluding steroid dienone is 1. The normalized spacial score (nSPS) is 19.8. The van der Waals surface area contributed by atoms with Crippen LogP contribution < -0.4 is 33.2 Å². The van der Waals surface area contributed by atoms with Crippen LogP contribution in [-0.2, 0) is 72.8 Å². The van der Waals surface area contributed by atoms with E-state index in [1.54, 1.807) is 6.92 Å². The van der Waals surface area contributed by atoms with E-state index in [2.05, 4.69) is 38.7 Å². The van der Waals surface area contributed by atoms with Gasteiger partial charge in [0.25, 0.3) is 0 Å². The predicted octanol–water partition coefficient (Wildman–Crippen LogP) is -2.08. The number of esters is 1. The van der Waals surface area contributed by atoms with E-state index < -0.39 is 56.0 Å². The van der Waals surface area contributed by atoms with Crippen molar-refractivity contribution in [1.29, 1.82) is 0 Å². The maximum Gasteiger partial charge on any atom is 0.348 e. The van der Waals surface area contributed by atoms with E-state index in [1.165, 1.54) is 29.7 Å². The molecule has 0 aliphatic carbocycles. The smallest absolute Gasteiger partial charge is 0.348 e. The molecular formula is C32H52N8O17S4. The molecule has 5 fully saturated rings. The van der Waals surface area contributed by atoms with Crippen molar-refractivity contribution in [2.75, 3.05) is 18.8 Å². The summed E-state index contributed by atoms with van der Waals surface area (Å²) in [5.74, 6) is -1.96. The second kappa shape index (κ2) is 31.6. The summed E-state index contributed by atoms with van der Waals surface area (Å²) >= 11 is 2.40. The van der Waals surface area contributed by atoms with Gasteiger partial charge in [-0.2, -0.15) is 5.06 Å². The van der Waals surface area contributed by atoms with Gasteiger partial charge in [-0.3, -0.25) is 38.5 Å². The molecule has 61 heavy (non-hydrogen) atoms. The highest BCUT2D eigenvalue weighted by Gasteiger charge is 2.29. The number of amides is 6. The number of nitrogens with zero attached hydrogens (tertiary/aromatic N) is 2. The maximum atomic E-state index is 10.7. The SMILES string of the molecule is C/C=C/S(N)(=O)=O.C=CC(N)=O.C=CS(N)(=O)=O.CC(=O)N1CCCC1=O.NC(=O)C1CCC(=O)S1.NC(=O)N1CCC(=O)O1.NC1CCSC1=O.O=C1CC[C@H](C(=O)O)O1. The second-order valence-electron chi connectivity index (χ2n) is 11.6. The summed E-state index contributed by atoms with van der Waals surface area (Å²) in [4.78, 5) is 109. The number of primary amides is 3. The van der Waals surface area contributed by atoms with Gasteiger partial charge in [-0.25, -0.2) is 41.5 Å². The Balaban J connectivity index is -0.000000635. The topological polar surface area (TPSA) is 440 Å². The van der Waals surface area contributed by atoms with Gasteiger partial charge in [-0.15, -0.1) is 0 Å². The fourth-order valence-electron chi connectivity index (χ4n) is 3.67. The summed E-state index contributed by atoms with van der Waals surface area (Å²) in [6.07, 6.45) is 5.68. The number of primary sulfonamides is 2. The summed E-state index contributed by atoms with van der Waals surface area (Å²) < 4.78 is 43.5. The Bertz CT molecular complexity index is 1750. The molecule has 0 aromatic rings. The van der Waals surface area contributed by atoms with Crippen LogP contribution in [0.1, 0.15) is 65.2 Å². The van der Waals surface area contributed by atoms with Gasteiger partial charge in [-0.05, 0) is 32.3 Å². The van der Waals surface area contributed by atoms with Gasteiger partial charge in [0.05, 0.1) is 24.3 Å². The quantitative estimate of drug-likeness (QED) is 0.115. The Hall–Kier alpha value is -5.20. The minimum atomic E-state index is -3.40. The lowest BCUT2D eigenvalue weighted by atomic mass is 10.2. The third-order valence-corrected chi connectivity index (χ3v) is 9.89.